The molecule has 5 heteroatoms. The molecule has 2 aromatic carbocycles. The summed E-state index contributed by atoms with van der Waals surface area (Å²) in [6.07, 6.45) is 9.95. The fraction of sp³-hybridized carbons (Fsp3) is 0.611. The predicted octanol–water partition coefficient (Wildman–Crippen LogP) is 6.58. The van der Waals surface area contributed by atoms with Crippen LogP contribution in [0.5, 0.6) is 0 Å². The maximum Gasteiger partial charge on any atom is 0.253 e. The van der Waals surface area contributed by atoms with Crippen LogP contribution in [-0.4, -0.2) is 47.6 Å². The van der Waals surface area contributed by atoms with Crippen LogP contribution < -0.4 is 5.32 Å². The van der Waals surface area contributed by atoms with Crippen molar-refractivity contribution in [3.8, 4) is 0 Å². The standard InChI is InChI=1S/C36H48N2O3/c1-24(39)30-16-17-32-29-15-14-27-22-28(38(3)34(41)26-12-8-5-9-13-26)18-20-35(27,2)31(29)19-21-36(30,32)23-37-33(40)25-10-6-4-7-11-25/h4-13,24,27-32,39H,14-23H2,1-3H3,(H,37,40)/t24?,27-,28-,29+,30+,31-,32-,35-,36-/m0/s1. The smallest absolute Gasteiger partial charge is 0.253 e. The van der Waals surface area contributed by atoms with Crippen molar-refractivity contribution < 1.29 is 14.7 Å². The van der Waals surface area contributed by atoms with E-state index in [4.69, 9.17) is 0 Å². The average molecular weight is 557 g/mol. The Morgan fingerprint density at radius 1 is 0.902 bits per heavy atom. The van der Waals surface area contributed by atoms with Crippen molar-refractivity contribution in [3.63, 3.8) is 0 Å². The van der Waals surface area contributed by atoms with E-state index in [0.29, 0.717) is 47.2 Å². The second-order valence-electron chi connectivity index (χ2n) is 14.1. The van der Waals surface area contributed by atoms with Gasteiger partial charge in [-0.25, -0.2) is 0 Å². The molecule has 6 rings (SSSR count). The molecule has 5 nitrogen and oxygen atoms in total. The average Bonchev–Trinajstić information content (AvgIpc) is 3.40. The maximum absolute atomic E-state index is 13.2. The Bertz CT molecular complexity index is 1230. The van der Waals surface area contributed by atoms with Gasteiger partial charge in [-0.15, -0.1) is 0 Å². The Morgan fingerprint density at radius 3 is 2.27 bits per heavy atom. The van der Waals surface area contributed by atoms with E-state index in [0.717, 1.165) is 37.7 Å². The van der Waals surface area contributed by atoms with Crippen molar-refractivity contribution in [2.75, 3.05) is 13.6 Å². The molecule has 220 valence electrons. The molecule has 0 radical (unpaired) electrons. The summed E-state index contributed by atoms with van der Waals surface area (Å²) < 4.78 is 0. The number of hydrogen-bond donors (Lipinski definition) is 2. The Morgan fingerprint density at radius 2 is 1.59 bits per heavy atom. The monoisotopic (exact) mass is 556 g/mol. The minimum Gasteiger partial charge on any atom is -0.393 e. The third-order valence-electron chi connectivity index (χ3n) is 12.5. The molecule has 4 aliphatic rings. The van der Waals surface area contributed by atoms with Crippen LogP contribution in [0.15, 0.2) is 60.7 Å². The highest BCUT2D eigenvalue weighted by atomic mass is 16.3. The lowest BCUT2D eigenvalue weighted by Crippen LogP contribution is -2.58. The van der Waals surface area contributed by atoms with E-state index in [9.17, 15) is 14.7 Å². The van der Waals surface area contributed by atoms with E-state index in [2.05, 4.69) is 12.2 Å². The van der Waals surface area contributed by atoms with Crippen LogP contribution in [0.4, 0.5) is 0 Å². The zero-order valence-corrected chi connectivity index (χ0v) is 25.1. The minimum atomic E-state index is -0.356. The molecule has 0 aromatic heterocycles. The Labute approximate surface area is 246 Å². The van der Waals surface area contributed by atoms with Crippen molar-refractivity contribution in [2.45, 2.75) is 83.8 Å². The number of nitrogens with one attached hydrogen (secondary N) is 1. The molecule has 0 spiro atoms. The van der Waals surface area contributed by atoms with E-state index in [1.807, 2.05) is 79.5 Å². The number of aliphatic hydroxyl groups is 1. The number of nitrogens with zero attached hydrogens (tertiary/aromatic N) is 1. The summed E-state index contributed by atoms with van der Waals surface area (Å²) in [4.78, 5) is 28.3. The summed E-state index contributed by atoms with van der Waals surface area (Å²) >= 11 is 0. The lowest BCUT2D eigenvalue weighted by molar-refractivity contribution is -0.128. The first kappa shape index (κ1) is 28.5. The number of carbonyl (C=O) groups excluding carboxylic acids is 2. The fourth-order valence-electron chi connectivity index (χ4n) is 10.4. The molecule has 1 unspecified atom stereocenters. The second kappa shape index (κ2) is 11.2. The van der Waals surface area contributed by atoms with Crippen molar-refractivity contribution in [1.82, 2.24) is 10.2 Å². The Kier molecular flexibility index (Phi) is 7.78. The molecule has 2 aromatic rings. The highest BCUT2D eigenvalue weighted by Crippen LogP contribution is 2.68. The van der Waals surface area contributed by atoms with Crippen molar-refractivity contribution >= 4 is 11.8 Å². The number of benzene rings is 2. The van der Waals surface area contributed by atoms with Crippen LogP contribution in [0.25, 0.3) is 0 Å². The third kappa shape index (κ3) is 4.92. The number of amides is 2. The van der Waals surface area contributed by atoms with E-state index in [1.165, 1.54) is 25.7 Å². The van der Waals surface area contributed by atoms with Crippen LogP contribution >= 0.6 is 0 Å². The number of aliphatic hydroxyl groups excluding tert-OH is 1. The van der Waals surface area contributed by atoms with E-state index in [-0.39, 0.29) is 29.3 Å². The molecule has 0 aliphatic heterocycles. The lowest BCUT2D eigenvalue weighted by atomic mass is 9.44. The number of hydrogen-bond acceptors (Lipinski definition) is 3. The van der Waals surface area contributed by atoms with Crippen molar-refractivity contribution in [2.24, 2.45) is 40.4 Å². The molecule has 2 N–H and O–H groups in total. The summed E-state index contributed by atoms with van der Waals surface area (Å²) in [7, 11) is 2.00. The van der Waals surface area contributed by atoms with Crippen LogP contribution in [-0.2, 0) is 0 Å². The van der Waals surface area contributed by atoms with Crippen LogP contribution in [0.1, 0.15) is 92.4 Å². The van der Waals surface area contributed by atoms with Crippen molar-refractivity contribution in [3.05, 3.63) is 71.8 Å². The molecule has 41 heavy (non-hydrogen) atoms. The zero-order chi connectivity index (χ0) is 28.8. The second-order valence-corrected chi connectivity index (χ2v) is 14.1. The van der Waals surface area contributed by atoms with Gasteiger partial charge in [0.25, 0.3) is 11.8 Å². The van der Waals surface area contributed by atoms with Gasteiger partial charge in [0, 0.05) is 30.8 Å². The van der Waals surface area contributed by atoms with Gasteiger partial charge in [-0.3, -0.25) is 9.59 Å². The molecular formula is C36H48N2O3. The quantitative estimate of drug-likeness (QED) is 0.422. The van der Waals surface area contributed by atoms with E-state index < -0.39 is 0 Å². The topological polar surface area (TPSA) is 69.6 Å². The molecule has 9 atom stereocenters. The largest absolute Gasteiger partial charge is 0.393 e. The highest BCUT2D eigenvalue weighted by molar-refractivity contribution is 5.94. The lowest BCUT2D eigenvalue weighted by Gasteiger charge is -2.62. The maximum atomic E-state index is 13.2. The highest BCUT2D eigenvalue weighted by Gasteiger charge is 2.62. The molecule has 0 bridgehead atoms. The summed E-state index contributed by atoms with van der Waals surface area (Å²) in [6.45, 7) is 5.19. The SMILES string of the molecule is CC(O)[C@H]1CC[C@H]2[C@@H]3CC[C@H]4C[C@@H](N(C)C(=O)c5ccccc5)CC[C@]4(C)[C@H]3CC[C@]12CNC(=O)c1ccccc1. The van der Waals surface area contributed by atoms with Gasteiger partial charge < -0.3 is 15.3 Å². The van der Waals surface area contributed by atoms with Crippen LogP contribution in [0.2, 0.25) is 0 Å². The van der Waals surface area contributed by atoms with Gasteiger partial charge in [-0.2, -0.15) is 0 Å². The van der Waals surface area contributed by atoms with E-state index >= 15 is 0 Å². The summed E-state index contributed by atoms with van der Waals surface area (Å²) in [5, 5.41) is 14.3. The summed E-state index contributed by atoms with van der Waals surface area (Å²) in [6, 6.07) is 19.5. The predicted molar refractivity (Wildman–Crippen MR) is 162 cm³/mol. The van der Waals surface area contributed by atoms with Gasteiger partial charge in [-0.1, -0.05) is 43.3 Å². The Balaban J connectivity index is 1.18. The molecule has 2 amide bonds. The van der Waals surface area contributed by atoms with Gasteiger partial charge in [0.2, 0.25) is 0 Å². The summed E-state index contributed by atoms with van der Waals surface area (Å²) in [5.41, 5.74) is 1.77. The Hall–Kier alpha value is -2.66. The van der Waals surface area contributed by atoms with Gasteiger partial charge >= 0.3 is 0 Å². The third-order valence-corrected chi connectivity index (χ3v) is 12.5. The van der Waals surface area contributed by atoms with Gasteiger partial charge in [0.15, 0.2) is 0 Å². The first-order valence-electron chi connectivity index (χ1n) is 16.1. The number of rotatable bonds is 6. The molecule has 0 heterocycles. The first-order valence-corrected chi connectivity index (χ1v) is 16.1. The van der Waals surface area contributed by atoms with Crippen LogP contribution in [0, 0.1) is 40.4 Å². The van der Waals surface area contributed by atoms with Crippen molar-refractivity contribution in [1.29, 1.82) is 0 Å². The molecule has 4 fully saturated rings. The molecule has 0 saturated heterocycles. The molecule has 4 saturated carbocycles. The number of fused-ring (bicyclic) bond motifs is 5. The molecular weight excluding hydrogens is 508 g/mol. The van der Waals surface area contributed by atoms with Crippen LogP contribution in [0.3, 0.4) is 0 Å². The number of carbonyl (C=O) groups is 2. The normalized spacial score (nSPS) is 36.8. The van der Waals surface area contributed by atoms with Gasteiger partial charge in [0.05, 0.1) is 6.10 Å². The van der Waals surface area contributed by atoms with Gasteiger partial charge in [0.1, 0.15) is 0 Å². The minimum absolute atomic E-state index is 0.000235. The summed E-state index contributed by atoms with van der Waals surface area (Å²) in [5.74, 6) is 2.92. The first-order chi connectivity index (χ1) is 19.7. The van der Waals surface area contributed by atoms with E-state index in [1.54, 1.807) is 0 Å². The molecule has 4 aliphatic carbocycles. The fourth-order valence-corrected chi connectivity index (χ4v) is 10.4. The van der Waals surface area contributed by atoms with Gasteiger partial charge in [-0.05, 0) is 129 Å². The zero-order valence-electron chi connectivity index (χ0n) is 25.1.